The summed E-state index contributed by atoms with van der Waals surface area (Å²) in [5.41, 5.74) is -0.0895. The molecule has 1 aliphatic heterocycles. The monoisotopic (exact) mass is 474 g/mol. The third-order valence-electron chi connectivity index (χ3n) is 5.65. The molecule has 4 rings (SSSR count). The summed E-state index contributed by atoms with van der Waals surface area (Å²) < 4.78 is 43.6. The maximum atomic E-state index is 13.0. The molecule has 2 amide bonds. The van der Waals surface area contributed by atoms with Crippen molar-refractivity contribution >= 4 is 22.9 Å². The van der Waals surface area contributed by atoms with Gasteiger partial charge in [-0.2, -0.15) is 13.2 Å². The second-order valence-electron chi connectivity index (χ2n) is 7.83. The lowest BCUT2D eigenvalue weighted by Crippen LogP contribution is -2.56. The van der Waals surface area contributed by atoms with Gasteiger partial charge in [-0.1, -0.05) is 13.0 Å². The first-order valence-corrected chi connectivity index (χ1v) is 10.6. The number of ether oxygens (including phenoxy) is 1. The fraction of sp³-hybridized carbons (Fsp3) is 0.304. The highest BCUT2D eigenvalue weighted by molar-refractivity contribution is 5.95. The average molecular weight is 474 g/mol. The van der Waals surface area contributed by atoms with Crippen molar-refractivity contribution in [3.05, 3.63) is 59.9 Å². The molecule has 2 aromatic heterocycles. The van der Waals surface area contributed by atoms with Crippen LogP contribution in [-0.2, 0) is 6.18 Å². The second-order valence-corrected chi connectivity index (χ2v) is 7.83. The number of pyridine rings is 2. The molecule has 1 atom stereocenters. The van der Waals surface area contributed by atoms with Crippen molar-refractivity contribution in [3.8, 4) is 11.6 Å². The van der Waals surface area contributed by atoms with Gasteiger partial charge in [0.25, 0.3) is 5.91 Å². The van der Waals surface area contributed by atoms with E-state index in [0.717, 1.165) is 12.1 Å². The largest absolute Gasteiger partial charge is 0.465 e. The quantitative estimate of drug-likeness (QED) is 0.591. The highest BCUT2D eigenvalue weighted by Crippen LogP contribution is 2.30. The number of carbonyl (C=O) groups is 2. The molecule has 0 saturated carbocycles. The molecule has 1 fully saturated rings. The lowest BCUT2D eigenvalue weighted by atomic mass is 10.1. The number of piperazine rings is 1. The van der Waals surface area contributed by atoms with Gasteiger partial charge in [0.1, 0.15) is 11.4 Å². The van der Waals surface area contributed by atoms with Crippen LogP contribution in [0.1, 0.15) is 29.4 Å². The molecule has 1 N–H and O–H groups in total. The third-order valence-corrected chi connectivity index (χ3v) is 5.65. The summed E-state index contributed by atoms with van der Waals surface area (Å²) in [6.45, 7) is 2.71. The normalized spacial score (nSPS) is 16.5. The molecule has 0 spiro atoms. The van der Waals surface area contributed by atoms with E-state index in [1.54, 1.807) is 35.2 Å². The molecule has 1 saturated heterocycles. The molecule has 0 bridgehead atoms. The van der Waals surface area contributed by atoms with Crippen molar-refractivity contribution < 1.29 is 32.6 Å². The second kappa shape index (κ2) is 9.16. The molecule has 178 valence electrons. The fourth-order valence-electron chi connectivity index (χ4n) is 3.82. The van der Waals surface area contributed by atoms with Crippen molar-refractivity contribution in [1.82, 2.24) is 19.8 Å². The van der Waals surface area contributed by atoms with Crippen molar-refractivity contribution in [1.29, 1.82) is 0 Å². The molecule has 1 aliphatic rings. The molecule has 0 aliphatic carbocycles. The minimum Gasteiger partial charge on any atom is -0.465 e. The van der Waals surface area contributed by atoms with Crippen LogP contribution in [0.2, 0.25) is 0 Å². The maximum Gasteiger partial charge on any atom is 0.417 e. The Bertz CT molecular complexity index is 1220. The Morgan fingerprint density at radius 3 is 2.59 bits per heavy atom. The lowest BCUT2D eigenvalue weighted by Gasteiger charge is -2.39. The molecule has 8 nitrogen and oxygen atoms in total. The van der Waals surface area contributed by atoms with Gasteiger partial charge >= 0.3 is 12.3 Å². The molecule has 34 heavy (non-hydrogen) atoms. The van der Waals surface area contributed by atoms with Gasteiger partial charge in [-0.15, -0.1) is 0 Å². The molecule has 1 aromatic carbocycles. The Kier molecular flexibility index (Phi) is 6.27. The van der Waals surface area contributed by atoms with E-state index in [9.17, 15) is 27.9 Å². The zero-order valence-electron chi connectivity index (χ0n) is 18.1. The molecule has 11 heteroatoms. The van der Waals surface area contributed by atoms with E-state index in [1.807, 2.05) is 6.92 Å². The summed E-state index contributed by atoms with van der Waals surface area (Å²) in [4.78, 5) is 35.4. The van der Waals surface area contributed by atoms with E-state index in [4.69, 9.17) is 4.74 Å². The maximum absolute atomic E-state index is 13.0. The van der Waals surface area contributed by atoms with Crippen LogP contribution in [0.25, 0.3) is 10.9 Å². The van der Waals surface area contributed by atoms with Crippen LogP contribution in [0.15, 0.2) is 48.7 Å². The standard InChI is InChI=1S/C23H21F3N4O4/c1-2-16-13-29(9-10-30(16)22(32)33)21(31)19-6-3-14-11-17(5-7-18(14)28-19)34-20-8-4-15(12-27-20)23(24,25)26/h3-8,11-12,16H,2,9-10,13H2,1H3,(H,32,33)/t16-/m1/s1. The third kappa shape index (κ3) is 4.87. The van der Waals surface area contributed by atoms with Crippen molar-refractivity contribution in [2.24, 2.45) is 0 Å². The number of rotatable bonds is 4. The molecule has 3 heterocycles. The van der Waals surface area contributed by atoms with Crippen LogP contribution in [0.5, 0.6) is 11.6 Å². The number of alkyl halides is 3. The van der Waals surface area contributed by atoms with Crippen LogP contribution in [0.4, 0.5) is 18.0 Å². The van der Waals surface area contributed by atoms with Crippen LogP contribution in [0.3, 0.4) is 0 Å². The summed E-state index contributed by atoms with van der Waals surface area (Å²) in [5, 5.41) is 9.98. The minimum atomic E-state index is -4.48. The van der Waals surface area contributed by atoms with Gasteiger partial charge in [0.15, 0.2) is 0 Å². The average Bonchev–Trinajstić information content (AvgIpc) is 2.82. The van der Waals surface area contributed by atoms with Gasteiger partial charge in [-0.25, -0.2) is 14.8 Å². The number of amides is 2. The smallest absolute Gasteiger partial charge is 0.417 e. The van der Waals surface area contributed by atoms with E-state index < -0.39 is 17.8 Å². The Labute approximate surface area is 192 Å². The highest BCUT2D eigenvalue weighted by Gasteiger charge is 2.32. The van der Waals surface area contributed by atoms with Crippen LogP contribution >= 0.6 is 0 Å². The number of halogens is 3. The number of carbonyl (C=O) groups excluding carboxylic acids is 1. The first-order chi connectivity index (χ1) is 16.2. The topological polar surface area (TPSA) is 95.9 Å². The number of benzene rings is 1. The predicted molar refractivity (Wildman–Crippen MR) is 116 cm³/mol. The van der Waals surface area contributed by atoms with Gasteiger partial charge < -0.3 is 19.6 Å². The summed E-state index contributed by atoms with van der Waals surface area (Å²) in [6, 6.07) is 9.92. The van der Waals surface area contributed by atoms with E-state index in [2.05, 4.69) is 9.97 Å². The van der Waals surface area contributed by atoms with Crippen molar-refractivity contribution in [2.45, 2.75) is 25.6 Å². The zero-order valence-corrected chi connectivity index (χ0v) is 18.1. The zero-order chi connectivity index (χ0) is 24.5. The number of aromatic nitrogens is 2. The number of hydrogen-bond acceptors (Lipinski definition) is 5. The summed E-state index contributed by atoms with van der Waals surface area (Å²) in [7, 11) is 0. The van der Waals surface area contributed by atoms with Crippen LogP contribution in [0, 0.1) is 0 Å². The van der Waals surface area contributed by atoms with Crippen molar-refractivity contribution in [2.75, 3.05) is 19.6 Å². The molecular formula is C23H21F3N4O4. The number of nitrogens with zero attached hydrogens (tertiary/aromatic N) is 4. The van der Waals surface area contributed by atoms with E-state index in [1.165, 1.54) is 4.90 Å². The van der Waals surface area contributed by atoms with Crippen molar-refractivity contribution in [3.63, 3.8) is 0 Å². The van der Waals surface area contributed by atoms with E-state index in [-0.39, 0.29) is 36.6 Å². The molecule has 3 aromatic rings. The summed E-state index contributed by atoms with van der Waals surface area (Å²) in [6.07, 6.45) is -4.17. The van der Waals surface area contributed by atoms with Crippen LogP contribution in [-0.4, -0.2) is 62.6 Å². The van der Waals surface area contributed by atoms with Gasteiger partial charge in [-0.3, -0.25) is 4.79 Å². The first-order valence-electron chi connectivity index (χ1n) is 10.6. The minimum absolute atomic E-state index is 0.0121. The number of hydrogen-bond donors (Lipinski definition) is 1. The van der Waals surface area contributed by atoms with Gasteiger partial charge in [0.05, 0.1) is 17.1 Å². The Morgan fingerprint density at radius 1 is 1.15 bits per heavy atom. The van der Waals surface area contributed by atoms with E-state index >= 15 is 0 Å². The molecule has 0 radical (unpaired) electrons. The summed E-state index contributed by atoms with van der Waals surface area (Å²) >= 11 is 0. The SMILES string of the molecule is CC[C@@H]1CN(C(=O)c2ccc3cc(Oc4ccc(C(F)(F)F)cn4)ccc3n2)CCN1C(=O)O. The Hall–Kier alpha value is -3.89. The summed E-state index contributed by atoms with van der Waals surface area (Å²) in [5.74, 6) is 0.0916. The van der Waals surface area contributed by atoms with E-state index in [0.29, 0.717) is 35.8 Å². The number of carboxylic acid groups (broad SMARTS) is 1. The van der Waals surface area contributed by atoms with Crippen LogP contribution < -0.4 is 4.74 Å². The fourth-order valence-corrected chi connectivity index (χ4v) is 3.82. The first kappa shape index (κ1) is 23.3. The Morgan fingerprint density at radius 2 is 1.94 bits per heavy atom. The van der Waals surface area contributed by atoms with Gasteiger partial charge in [0.2, 0.25) is 5.88 Å². The Balaban J connectivity index is 1.48. The van der Waals surface area contributed by atoms with Gasteiger partial charge in [-0.05, 0) is 36.8 Å². The van der Waals surface area contributed by atoms with Gasteiger partial charge in [0, 0.05) is 37.3 Å². The predicted octanol–water partition coefficient (Wildman–Crippen LogP) is 4.66. The number of fused-ring (bicyclic) bond motifs is 1. The lowest BCUT2D eigenvalue weighted by molar-refractivity contribution is -0.137. The molecule has 0 unspecified atom stereocenters. The highest BCUT2D eigenvalue weighted by atomic mass is 19.4. The molecular weight excluding hydrogens is 453 g/mol.